The quantitative estimate of drug-likeness (QED) is 0.913. The summed E-state index contributed by atoms with van der Waals surface area (Å²) in [5, 5.41) is 3.43. The number of nitrogens with one attached hydrogen (secondary N) is 1. The maximum Gasteiger partial charge on any atom is 0.217 e. The van der Waals surface area contributed by atoms with Crippen LogP contribution in [-0.4, -0.2) is 43.2 Å². The lowest BCUT2D eigenvalue weighted by molar-refractivity contribution is 0.217. The summed E-state index contributed by atoms with van der Waals surface area (Å²) in [6.45, 7) is 5.59. The molecule has 110 valence electrons. The minimum atomic E-state index is 0.619. The molecule has 0 saturated carbocycles. The predicted octanol–water partition coefficient (Wildman–Crippen LogP) is 2.15. The minimum Gasteiger partial charge on any atom is -0.481 e. The molecule has 1 N–H and O–H groups in total. The van der Waals surface area contributed by atoms with Crippen LogP contribution in [0.4, 0.5) is 0 Å². The van der Waals surface area contributed by atoms with Gasteiger partial charge in [-0.15, -0.1) is 0 Å². The first-order chi connectivity index (χ1) is 9.86. The zero-order valence-corrected chi connectivity index (χ0v) is 12.4. The Morgan fingerprint density at radius 2 is 2.20 bits per heavy atom. The van der Waals surface area contributed by atoms with Gasteiger partial charge in [-0.25, -0.2) is 4.98 Å². The second kappa shape index (κ2) is 6.55. The lowest BCUT2D eigenvalue weighted by atomic mass is 9.98. The maximum absolute atomic E-state index is 5.45. The first-order valence-corrected chi connectivity index (χ1v) is 7.82. The van der Waals surface area contributed by atoms with Crippen molar-refractivity contribution in [3.63, 3.8) is 0 Å². The van der Waals surface area contributed by atoms with E-state index in [-0.39, 0.29) is 0 Å². The SMILES string of the molecule is COc1ncc(C2CCNC2)cc1CN1CCCCC1. The molecule has 4 nitrogen and oxygen atoms in total. The smallest absolute Gasteiger partial charge is 0.217 e. The van der Waals surface area contributed by atoms with Crippen LogP contribution in [0, 0.1) is 0 Å². The van der Waals surface area contributed by atoms with E-state index in [1.54, 1.807) is 7.11 Å². The van der Waals surface area contributed by atoms with Gasteiger partial charge in [-0.1, -0.05) is 6.42 Å². The van der Waals surface area contributed by atoms with Gasteiger partial charge in [-0.05, 0) is 56.4 Å². The summed E-state index contributed by atoms with van der Waals surface area (Å²) in [7, 11) is 1.72. The molecule has 3 rings (SSSR count). The molecule has 20 heavy (non-hydrogen) atoms. The molecule has 0 bridgehead atoms. The third kappa shape index (κ3) is 3.13. The normalized spacial score (nSPS) is 23.9. The van der Waals surface area contributed by atoms with E-state index in [4.69, 9.17) is 4.74 Å². The molecule has 2 aliphatic rings. The molecular formula is C16H25N3O. The van der Waals surface area contributed by atoms with Crippen LogP contribution in [-0.2, 0) is 6.54 Å². The summed E-state index contributed by atoms with van der Waals surface area (Å²) in [5.74, 6) is 1.42. The molecular weight excluding hydrogens is 250 g/mol. The minimum absolute atomic E-state index is 0.619. The van der Waals surface area contributed by atoms with Crippen LogP contribution < -0.4 is 10.1 Å². The van der Waals surface area contributed by atoms with E-state index < -0.39 is 0 Å². The first-order valence-electron chi connectivity index (χ1n) is 7.82. The van der Waals surface area contributed by atoms with Crippen LogP contribution in [0.15, 0.2) is 12.3 Å². The van der Waals surface area contributed by atoms with Gasteiger partial charge in [0.25, 0.3) is 0 Å². The average molecular weight is 275 g/mol. The highest BCUT2D eigenvalue weighted by molar-refractivity contribution is 5.32. The highest BCUT2D eigenvalue weighted by Crippen LogP contribution is 2.27. The summed E-state index contributed by atoms with van der Waals surface area (Å²) >= 11 is 0. The Balaban J connectivity index is 1.76. The van der Waals surface area contributed by atoms with Gasteiger partial charge in [-0.3, -0.25) is 4.90 Å². The maximum atomic E-state index is 5.45. The van der Waals surface area contributed by atoms with Gasteiger partial charge in [0.05, 0.1) is 7.11 Å². The van der Waals surface area contributed by atoms with E-state index in [1.807, 2.05) is 6.20 Å². The number of nitrogens with zero attached hydrogens (tertiary/aromatic N) is 2. The third-order valence-electron chi connectivity index (χ3n) is 4.51. The van der Waals surface area contributed by atoms with Crippen molar-refractivity contribution in [3.8, 4) is 5.88 Å². The molecule has 2 aliphatic heterocycles. The Hall–Kier alpha value is -1.13. The van der Waals surface area contributed by atoms with Crippen LogP contribution in [0.5, 0.6) is 5.88 Å². The largest absolute Gasteiger partial charge is 0.481 e. The molecule has 2 saturated heterocycles. The fraction of sp³-hybridized carbons (Fsp3) is 0.688. The van der Waals surface area contributed by atoms with Crippen LogP contribution in [0.3, 0.4) is 0 Å². The highest BCUT2D eigenvalue weighted by atomic mass is 16.5. The molecule has 0 aromatic carbocycles. The van der Waals surface area contributed by atoms with Crippen molar-refractivity contribution in [2.45, 2.75) is 38.1 Å². The number of piperidine rings is 1. The van der Waals surface area contributed by atoms with Gasteiger partial charge in [-0.2, -0.15) is 0 Å². The van der Waals surface area contributed by atoms with Gasteiger partial charge in [0.1, 0.15) is 0 Å². The Labute approximate surface area is 121 Å². The van der Waals surface area contributed by atoms with Gasteiger partial charge >= 0.3 is 0 Å². The average Bonchev–Trinajstić information content (AvgIpc) is 3.02. The Morgan fingerprint density at radius 1 is 1.35 bits per heavy atom. The van der Waals surface area contributed by atoms with Crippen molar-refractivity contribution in [1.82, 2.24) is 15.2 Å². The lowest BCUT2D eigenvalue weighted by Gasteiger charge is -2.27. The number of hydrogen-bond donors (Lipinski definition) is 1. The van der Waals surface area contributed by atoms with E-state index in [9.17, 15) is 0 Å². The predicted molar refractivity (Wildman–Crippen MR) is 80.1 cm³/mol. The Kier molecular flexibility index (Phi) is 4.53. The van der Waals surface area contributed by atoms with Crippen molar-refractivity contribution in [2.24, 2.45) is 0 Å². The number of aromatic nitrogens is 1. The van der Waals surface area contributed by atoms with Crippen LogP contribution >= 0.6 is 0 Å². The third-order valence-corrected chi connectivity index (χ3v) is 4.51. The van der Waals surface area contributed by atoms with Gasteiger partial charge in [0, 0.05) is 24.8 Å². The van der Waals surface area contributed by atoms with Gasteiger partial charge in [0.2, 0.25) is 5.88 Å². The molecule has 1 atom stereocenters. The molecule has 0 radical (unpaired) electrons. The second-order valence-corrected chi connectivity index (χ2v) is 5.96. The second-order valence-electron chi connectivity index (χ2n) is 5.96. The Bertz CT molecular complexity index is 437. The van der Waals surface area contributed by atoms with E-state index in [1.165, 1.54) is 49.9 Å². The highest BCUT2D eigenvalue weighted by Gasteiger charge is 2.20. The van der Waals surface area contributed by atoms with Crippen molar-refractivity contribution >= 4 is 0 Å². The van der Waals surface area contributed by atoms with Crippen molar-refractivity contribution in [3.05, 3.63) is 23.4 Å². The van der Waals surface area contributed by atoms with Crippen molar-refractivity contribution < 1.29 is 4.74 Å². The molecule has 1 aromatic rings. The van der Waals surface area contributed by atoms with Crippen LogP contribution in [0.2, 0.25) is 0 Å². The summed E-state index contributed by atoms with van der Waals surface area (Å²) in [4.78, 5) is 7.06. The summed E-state index contributed by atoms with van der Waals surface area (Å²) in [6.07, 6.45) is 7.23. The first kappa shape index (κ1) is 13.8. The number of methoxy groups -OCH3 is 1. The molecule has 1 aromatic heterocycles. The molecule has 1 unspecified atom stereocenters. The van der Waals surface area contributed by atoms with E-state index in [0.29, 0.717) is 5.92 Å². The molecule has 3 heterocycles. The number of pyridine rings is 1. The number of rotatable bonds is 4. The summed E-state index contributed by atoms with van der Waals surface area (Å²) in [6, 6.07) is 2.32. The van der Waals surface area contributed by atoms with Gasteiger partial charge < -0.3 is 10.1 Å². The Morgan fingerprint density at radius 3 is 2.90 bits per heavy atom. The summed E-state index contributed by atoms with van der Waals surface area (Å²) in [5.41, 5.74) is 2.61. The van der Waals surface area contributed by atoms with E-state index >= 15 is 0 Å². The monoisotopic (exact) mass is 275 g/mol. The molecule has 4 heteroatoms. The molecule has 2 fully saturated rings. The number of likely N-dealkylation sites (tertiary alicyclic amines) is 1. The van der Waals surface area contributed by atoms with Crippen molar-refractivity contribution in [1.29, 1.82) is 0 Å². The van der Waals surface area contributed by atoms with E-state index in [2.05, 4.69) is 21.3 Å². The van der Waals surface area contributed by atoms with Crippen LogP contribution in [0.1, 0.15) is 42.7 Å². The van der Waals surface area contributed by atoms with Gasteiger partial charge in [0.15, 0.2) is 0 Å². The fourth-order valence-electron chi connectivity index (χ4n) is 3.33. The van der Waals surface area contributed by atoms with E-state index in [0.717, 1.165) is 25.5 Å². The number of hydrogen-bond acceptors (Lipinski definition) is 4. The fourth-order valence-corrected chi connectivity index (χ4v) is 3.33. The van der Waals surface area contributed by atoms with Crippen LogP contribution in [0.25, 0.3) is 0 Å². The molecule has 0 spiro atoms. The lowest BCUT2D eigenvalue weighted by Crippen LogP contribution is -2.29. The topological polar surface area (TPSA) is 37.4 Å². The zero-order valence-electron chi connectivity index (χ0n) is 12.4. The number of ether oxygens (including phenoxy) is 1. The van der Waals surface area contributed by atoms with Crippen molar-refractivity contribution in [2.75, 3.05) is 33.3 Å². The standard InChI is InChI=1S/C16H25N3O/c1-20-16-15(12-19-7-3-2-4-8-19)9-14(11-18-16)13-5-6-17-10-13/h9,11,13,17H,2-8,10,12H2,1H3. The molecule has 0 aliphatic carbocycles. The summed E-state index contributed by atoms with van der Waals surface area (Å²) < 4.78 is 5.45. The zero-order chi connectivity index (χ0) is 13.8. The molecule has 0 amide bonds.